The van der Waals surface area contributed by atoms with Gasteiger partial charge in [0.05, 0.1) is 23.8 Å². The summed E-state index contributed by atoms with van der Waals surface area (Å²) in [5.41, 5.74) is 0.00666. The van der Waals surface area contributed by atoms with E-state index >= 15 is 0 Å². The number of nitrogens with zero attached hydrogens (tertiary/aromatic N) is 2. The van der Waals surface area contributed by atoms with Crippen molar-refractivity contribution in [2.75, 3.05) is 26.1 Å². The minimum absolute atomic E-state index is 0.190. The van der Waals surface area contributed by atoms with Crippen molar-refractivity contribution in [3.05, 3.63) is 15.8 Å². The first-order valence-electron chi connectivity index (χ1n) is 11.7. The second-order valence-corrected chi connectivity index (χ2v) is 11.5. The number of carbonyl (C=O) groups is 3. The molecule has 0 radical (unpaired) electrons. The van der Waals surface area contributed by atoms with Crippen LogP contribution in [0.1, 0.15) is 74.9 Å². The van der Waals surface area contributed by atoms with Crippen LogP contribution in [0.5, 0.6) is 0 Å². The van der Waals surface area contributed by atoms with Crippen LogP contribution in [0.15, 0.2) is 6.07 Å². The molecule has 1 N–H and O–H groups in total. The van der Waals surface area contributed by atoms with Gasteiger partial charge in [0.25, 0.3) is 0 Å². The maximum Gasteiger partial charge on any atom is 0.350 e. The van der Waals surface area contributed by atoms with Gasteiger partial charge < -0.3 is 14.7 Å². The number of thiophene rings is 1. The second-order valence-electron chi connectivity index (χ2n) is 10.4. The van der Waals surface area contributed by atoms with Crippen LogP contribution >= 0.6 is 11.3 Å². The summed E-state index contributed by atoms with van der Waals surface area (Å²) in [7, 11) is 4.44. The van der Waals surface area contributed by atoms with Crippen molar-refractivity contribution in [2.45, 2.75) is 72.4 Å². The summed E-state index contributed by atoms with van der Waals surface area (Å²) in [6, 6.07) is 0.487. The minimum Gasteiger partial charge on any atom is -0.465 e. The first kappa shape index (κ1) is 27.9. The lowest BCUT2D eigenvalue weighted by molar-refractivity contribution is -0.136. The molecule has 7 nitrogen and oxygen atoms in total. The molecule has 34 heavy (non-hydrogen) atoms. The van der Waals surface area contributed by atoms with Crippen LogP contribution in [-0.4, -0.2) is 61.1 Å². The summed E-state index contributed by atoms with van der Waals surface area (Å²) in [6.45, 7) is 9.60. The Morgan fingerprint density at radius 3 is 2.24 bits per heavy atom. The fourth-order valence-electron chi connectivity index (χ4n) is 4.02. The molecule has 1 fully saturated rings. The van der Waals surface area contributed by atoms with Gasteiger partial charge in [-0.1, -0.05) is 18.8 Å². The monoisotopic (exact) mass is 490 g/mol. The lowest BCUT2D eigenvalue weighted by Gasteiger charge is -2.37. The van der Waals surface area contributed by atoms with Gasteiger partial charge in [-0.25, -0.2) is 4.79 Å². The summed E-state index contributed by atoms with van der Waals surface area (Å²) in [5.74, 6) is 5.20. The molecule has 1 aromatic heterocycles. The average molecular weight is 491 g/mol. The van der Waals surface area contributed by atoms with Gasteiger partial charge in [-0.3, -0.25) is 14.5 Å². The molecule has 2 unspecified atom stereocenters. The predicted octanol–water partition coefficient (Wildman–Crippen LogP) is 3.93. The molecule has 0 aromatic carbocycles. The first-order chi connectivity index (χ1) is 15.8. The zero-order valence-electron chi connectivity index (χ0n) is 21.6. The van der Waals surface area contributed by atoms with Crippen molar-refractivity contribution in [3.63, 3.8) is 0 Å². The van der Waals surface area contributed by atoms with Crippen molar-refractivity contribution >= 4 is 34.8 Å². The number of methoxy groups -OCH3 is 1. The number of aliphatic hydroxyl groups is 1. The van der Waals surface area contributed by atoms with Crippen molar-refractivity contribution < 1.29 is 24.2 Å². The molecule has 0 spiro atoms. The molecule has 1 heterocycles. The van der Waals surface area contributed by atoms with Crippen LogP contribution in [0.3, 0.4) is 0 Å². The molecule has 1 saturated carbocycles. The van der Waals surface area contributed by atoms with Crippen LogP contribution < -0.4 is 4.90 Å². The number of likely N-dealkylation sites (N-methyl/N-ethyl adjacent to an activating group) is 1. The maximum absolute atomic E-state index is 13.9. The number of rotatable bonds is 6. The Hall–Kier alpha value is -2.37. The molecule has 1 aliphatic carbocycles. The van der Waals surface area contributed by atoms with Crippen molar-refractivity contribution in [3.8, 4) is 11.8 Å². The number of aliphatic hydroxyl groups excluding tert-OH is 1. The van der Waals surface area contributed by atoms with E-state index in [4.69, 9.17) is 4.74 Å². The Labute approximate surface area is 207 Å². The van der Waals surface area contributed by atoms with Crippen LogP contribution in [-0.2, 0) is 14.3 Å². The van der Waals surface area contributed by atoms with E-state index in [0.717, 1.165) is 24.2 Å². The maximum atomic E-state index is 13.9. The Kier molecular flexibility index (Phi) is 9.32. The number of hydrogen-bond donors (Lipinski definition) is 1. The SMILES string of the molecule is COC(=O)c1sc(C#CC(C)(C)C)cc1N(C(=O)C1CCC(C)CC1)C(C(=O)N(C)C)C(C)O. The van der Waals surface area contributed by atoms with Crippen molar-refractivity contribution in [1.29, 1.82) is 0 Å². The number of esters is 1. The van der Waals surface area contributed by atoms with Gasteiger partial charge in [-0.15, -0.1) is 11.3 Å². The predicted molar refractivity (Wildman–Crippen MR) is 135 cm³/mol. The summed E-state index contributed by atoms with van der Waals surface area (Å²) in [6.07, 6.45) is 2.08. The molecule has 1 aromatic rings. The largest absolute Gasteiger partial charge is 0.465 e. The van der Waals surface area contributed by atoms with E-state index in [1.807, 2.05) is 20.8 Å². The van der Waals surface area contributed by atoms with Gasteiger partial charge >= 0.3 is 5.97 Å². The van der Waals surface area contributed by atoms with Gasteiger partial charge in [-0.05, 0) is 65.4 Å². The van der Waals surface area contributed by atoms with E-state index in [9.17, 15) is 19.5 Å². The Bertz CT molecular complexity index is 956. The van der Waals surface area contributed by atoms with Crippen molar-refractivity contribution in [1.82, 2.24) is 4.90 Å². The number of carbonyl (C=O) groups excluding carboxylic acids is 3. The van der Waals surface area contributed by atoms with Gasteiger partial charge in [0, 0.05) is 25.4 Å². The molecule has 1 aliphatic rings. The number of ether oxygens (including phenoxy) is 1. The highest BCUT2D eigenvalue weighted by Crippen LogP contribution is 2.37. The quantitative estimate of drug-likeness (QED) is 0.482. The molecule has 0 bridgehead atoms. The van der Waals surface area contributed by atoms with Gasteiger partial charge in [0.15, 0.2) is 0 Å². The highest BCUT2D eigenvalue weighted by molar-refractivity contribution is 7.15. The lowest BCUT2D eigenvalue weighted by Crippen LogP contribution is -2.56. The normalized spacial score (nSPS) is 19.9. The molecular formula is C26H38N2O5S. The zero-order valence-corrected chi connectivity index (χ0v) is 22.4. The van der Waals surface area contributed by atoms with Crippen LogP contribution in [0.2, 0.25) is 0 Å². The van der Waals surface area contributed by atoms with Crippen LogP contribution in [0.25, 0.3) is 0 Å². The molecule has 2 amide bonds. The molecular weight excluding hydrogens is 452 g/mol. The van der Waals surface area contributed by atoms with Gasteiger partial charge in [0.1, 0.15) is 10.9 Å². The highest BCUT2D eigenvalue weighted by Gasteiger charge is 2.41. The second kappa shape index (κ2) is 11.4. The molecule has 188 valence electrons. The molecule has 0 saturated heterocycles. The standard InChI is InChI=1S/C26H38N2O5S/c1-16-9-11-18(12-10-16)23(30)28(21(17(2)29)24(31)27(6)7)20-15-19(13-14-26(3,4)5)34-22(20)25(32)33-8/h15-18,21,29H,9-12H2,1-8H3. The van der Waals surface area contributed by atoms with E-state index in [1.165, 1.54) is 23.8 Å². The summed E-state index contributed by atoms with van der Waals surface area (Å²) >= 11 is 1.13. The first-order valence-corrected chi connectivity index (χ1v) is 12.6. The molecule has 2 rings (SSSR count). The van der Waals surface area contributed by atoms with E-state index in [0.29, 0.717) is 23.6 Å². The van der Waals surface area contributed by atoms with Gasteiger partial charge in [-0.2, -0.15) is 0 Å². The third-order valence-electron chi connectivity index (χ3n) is 5.93. The fourth-order valence-corrected chi connectivity index (χ4v) is 4.94. The summed E-state index contributed by atoms with van der Waals surface area (Å²) in [4.78, 5) is 43.3. The molecule has 2 atom stereocenters. The molecule has 0 aliphatic heterocycles. The van der Waals surface area contributed by atoms with Crippen LogP contribution in [0, 0.1) is 29.1 Å². The van der Waals surface area contributed by atoms with E-state index < -0.39 is 24.0 Å². The summed E-state index contributed by atoms with van der Waals surface area (Å²) in [5, 5.41) is 10.7. The summed E-state index contributed by atoms with van der Waals surface area (Å²) < 4.78 is 5.00. The number of anilines is 1. The smallest absolute Gasteiger partial charge is 0.350 e. The van der Waals surface area contributed by atoms with Crippen LogP contribution in [0.4, 0.5) is 5.69 Å². The third-order valence-corrected chi connectivity index (χ3v) is 6.95. The number of amides is 2. The minimum atomic E-state index is -1.18. The van der Waals surface area contributed by atoms with E-state index in [1.54, 1.807) is 20.2 Å². The Morgan fingerprint density at radius 1 is 1.18 bits per heavy atom. The van der Waals surface area contributed by atoms with Crippen molar-refractivity contribution in [2.24, 2.45) is 17.3 Å². The average Bonchev–Trinajstić information content (AvgIpc) is 3.18. The topological polar surface area (TPSA) is 87.2 Å². The van der Waals surface area contributed by atoms with Gasteiger partial charge in [0.2, 0.25) is 11.8 Å². The zero-order chi connectivity index (χ0) is 25.8. The lowest BCUT2D eigenvalue weighted by atomic mass is 9.82. The van der Waals surface area contributed by atoms with E-state index in [-0.39, 0.29) is 27.8 Å². The number of hydrogen-bond acceptors (Lipinski definition) is 6. The Balaban J connectivity index is 2.70. The van der Waals surface area contributed by atoms with E-state index in [2.05, 4.69) is 18.8 Å². The highest BCUT2D eigenvalue weighted by atomic mass is 32.1. The Morgan fingerprint density at radius 2 is 1.76 bits per heavy atom. The molecule has 8 heteroatoms. The fraction of sp³-hybridized carbons (Fsp3) is 0.654. The third kappa shape index (κ3) is 6.83.